The summed E-state index contributed by atoms with van der Waals surface area (Å²) in [5.41, 5.74) is -13.7. The fourth-order valence-corrected chi connectivity index (χ4v) is 3.33. The third kappa shape index (κ3) is 10.1. The summed E-state index contributed by atoms with van der Waals surface area (Å²) < 4.78 is 0. The van der Waals surface area contributed by atoms with Crippen LogP contribution in [0.4, 0.5) is 0 Å². The number of hydrogen-bond donors (Lipinski definition) is 0. The van der Waals surface area contributed by atoms with E-state index < -0.39 is 70.4 Å². The quantitative estimate of drug-likeness (QED) is 0.184. The Morgan fingerprint density at radius 1 is 0.485 bits per heavy atom. The maximum absolute atomic E-state index is 11.4. The maximum atomic E-state index is 11.4. The molecular formula is C12H3K7O14. The molecule has 1 saturated carbocycles. The predicted molar refractivity (Wildman–Crippen MR) is 50.5 cm³/mol. The first kappa shape index (κ1) is 56.5. The Morgan fingerprint density at radius 3 is 0.909 bits per heavy atom. The largest absolute Gasteiger partial charge is 1.00 e. The molecule has 33 heavy (non-hydrogen) atoms. The molecule has 0 N–H and O–H groups in total. The van der Waals surface area contributed by atoms with Crippen molar-refractivity contribution in [3.05, 3.63) is 0 Å². The van der Waals surface area contributed by atoms with E-state index in [1.54, 1.807) is 0 Å². The average molecular weight is 645 g/mol. The Hall–Kier alpha value is 7.74. The molecule has 0 aromatic carbocycles. The molecule has 1 aliphatic carbocycles. The van der Waals surface area contributed by atoms with E-state index in [0.717, 1.165) is 0 Å². The zero-order chi connectivity index (χ0) is 20.8. The van der Waals surface area contributed by atoms with Crippen LogP contribution in [0.5, 0.6) is 0 Å². The molecule has 1 rings (SSSR count). The van der Waals surface area contributed by atoms with E-state index >= 15 is 0 Å². The molecule has 1 unspecified atom stereocenters. The van der Waals surface area contributed by atoms with Crippen LogP contribution < -0.4 is 395 Å². The van der Waals surface area contributed by atoms with Gasteiger partial charge in [-0.15, -0.1) is 0 Å². The predicted octanol–water partition coefficient (Wildman–Crippen LogP) is -32.8. The van der Waals surface area contributed by atoms with Gasteiger partial charge in [-0.05, 0) is 6.42 Å². The number of carboxylic acid groups (broad SMARTS) is 7. The monoisotopic (exact) mass is 644 g/mol. The van der Waals surface area contributed by atoms with Gasteiger partial charge in [0.1, 0.15) is 0 Å². The van der Waals surface area contributed by atoms with E-state index in [1.807, 2.05) is 0 Å². The molecular weight excluding hydrogens is 642 g/mol. The second-order valence-corrected chi connectivity index (χ2v) is 5.34. The van der Waals surface area contributed by atoms with Crippen LogP contribution in [0, 0.1) is 22.2 Å². The van der Waals surface area contributed by atoms with Gasteiger partial charge < -0.3 is 69.3 Å². The topological polar surface area (TPSA) is 281 Å². The van der Waals surface area contributed by atoms with Gasteiger partial charge >= 0.3 is 360 Å². The van der Waals surface area contributed by atoms with Crippen LogP contribution in [-0.4, -0.2) is 41.8 Å². The van der Waals surface area contributed by atoms with E-state index in [0.29, 0.717) is 0 Å². The molecule has 0 aromatic heterocycles. The first-order valence-electron chi connectivity index (χ1n) is 6.18. The van der Waals surface area contributed by atoms with Crippen LogP contribution in [0.25, 0.3) is 0 Å². The Balaban J connectivity index is -0.000000193. The van der Waals surface area contributed by atoms with Crippen molar-refractivity contribution >= 4 is 41.8 Å². The molecule has 0 spiro atoms. The van der Waals surface area contributed by atoms with Gasteiger partial charge in [0.15, 0.2) is 0 Å². The van der Waals surface area contributed by atoms with Crippen molar-refractivity contribution in [1.82, 2.24) is 0 Å². The maximum Gasteiger partial charge on any atom is 1.00 e. The first-order chi connectivity index (χ1) is 11.7. The minimum absolute atomic E-state index is 0. The molecule has 0 amide bonds. The third-order valence-electron chi connectivity index (χ3n) is 4.45. The molecule has 1 aliphatic rings. The summed E-state index contributed by atoms with van der Waals surface area (Å²) in [6, 6.07) is 0. The molecule has 0 radical (unpaired) electrons. The SMILES string of the molecule is O=C([O-])C1C(C(=O)[O-])(C(=O)[O-])CC(C(=O)[O-])(C(=O)[O-])C1(C(=O)[O-])C(=O)[O-].[K+].[K+].[K+].[K+].[K+].[K+].[K+]. The summed E-state index contributed by atoms with van der Waals surface area (Å²) in [6.45, 7) is 0. The van der Waals surface area contributed by atoms with Gasteiger partial charge in [-0.3, -0.25) is 0 Å². The van der Waals surface area contributed by atoms with Crippen LogP contribution in [0.2, 0.25) is 0 Å². The molecule has 0 heterocycles. The minimum Gasteiger partial charge on any atom is -0.550 e. The smallest absolute Gasteiger partial charge is 0.550 e. The summed E-state index contributed by atoms with van der Waals surface area (Å²) in [7, 11) is 0. The molecule has 0 aromatic rings. The summed E-state index contributed by atoms with van der Waals surface area (Å²) >= 11 is 0. The number of carbonyl (C=O) groups is 7. The van der Waals surface area contributed by atoms with E-state index in [1.165, 1.54) is 0 Å². The van der Waals surface area contributed by atoms with Gasteiger partial charge in [-0.1, -0.05) is 0 Å². The molecule has 0 aliphatic heterocycles. The number of hydrogen-bond acceptors (Lipinski definition) is 14. The first-order valence-corrected chi connectivity index (χ1v) is 6.18. The summed E-state index contributed by atoms with van der Waals surface area (Å²) in [5.74, 6) is -26.1. The molecule has 142 valence electrons. The zero-order valence-corrected chi connectivity index (χ0v) is 40.9. The summed E-state index contributed by atoms with van der Waals surface area (Å²) in [4.78, 5) is 79.3. The van der Waals surface area contributed by atoms with E-state index in [2.05, 4.69) is 0 Å². The van der Waals surface area contributed by atoms with Crippen molar-refractivity contribution in [2.75, 3.05) is 0 Å². The normalized spacial score (nSPS) is 17.4. The summed E-state index contributed by atoms with van der Waals surface area (Å²) in [5, 5.41) is 79.3. The van der Waals surface area contributed by atoms with Crippen molar-refractivity contribution in [3.8, 4) is 0 Å². The van der Waals surface area contributed by atoms with Crippen LogP contribution in [-0.2, 0) is 33.6 Å². The van der Waals surface area contributed by atoms with Gasteiger partial charge in [-0.2, -0.15) is 0 Å². The minimum atomic E-state index is -4.83. The zero-order valence-electron chi connectivity index (χ0n) is 19.0. The Labute approximate surface area is 483 Å². The fraction of sp³-hybridized carbons (Fsp3) is 0.417. The van der Waals surface area contributed by atoms with Crippen molar-refractivity contribution < 1.29 is 429 Å². The number of carbonyl (C=O) groups excluding carboxylic acids is 7. The van der Waals surface area contributed by atoms with Gasteiger partial charge in [-0.25, -0.2) is 0 Å². The third-order valence-corrected chi connectivity index (χ3v) is 4.45. The van der Waals surface area contributed by atoms with Gasteiger partial charge in [0.2, 0.25) is 0 Å². The van der Waals surface area contributed by atoms with Gasteiger partial charge in [0.05, 0.1) is 52.1 Å². The molecule has 0 bridgehead atoms. The number of carboxylic acids is 7. The average Bonchev–Trinajstić information content (AvgIpc) is 2.78. The van der Waals surface area contributed by atoms with Crippen molar-refractivity contribution in [3.63, 3.8) is 0 Å². The van der Waals surface area contributed by atoms with Crippen LogP contribution in [0.15, 0.2) is 0 Å². The molecule has 1 fully saturated rings. The van der Waals surface area contributed by atoms with Crippen LogP contribution in [0.3, 0.4) is 0 Å². The van der Waals surface area contributed by atoms with Crippen LogP contribution >= 0.6 is 0 Å². The second-order valence-electron chi connectivity index (χ2n) is 5.34. The molecule has 14 nitrogen and oxygen atoms in total. The number of rotatable bonds is 7. The Kier molecular flexibility index (Phi) is 39.7. The molecule has 1 atom stereocenters. The molecule has 0 saturated heterocycles. The van der Waals surface area contributed by atoms with Crippen molar-refractivity contribution in [2.24, 2.45) is 22.2 Å². The van der Waals surface area contributed by atoms with E-state index in [9.17, 15) is 69.3 Å². The van der Waals surface area contributed by atoms with Crippen LogP contribution in [0.1, 0.15) is 6.42 Å². The van der Waals surface area contributed by atoms with Gasteiger partial charge in [0.25, 0.3) is 0 Å². The van der Waals surface area contributed by atoms with Gasteiger partial charge in [0, 0.05) is 11.9 Å². The van der Waals surface area contributed by atoms with Crippen molar-refractivity contribution in [2.45, 2.75) is 6.42 Å². The van der Waals surface area contributed by atoms with E-state index in [-0.39, 0.29) is 360 Å². The standard InChI is InChI=1S/C12H10O14.7K/c13-3(14)2-10(4(15)16,5(17)18)1-11(6(19)20,7(21)22)12(2,8(23)24)9(25)26;;;;;;;/h2H,1H2,(H,13,14)(H,15,16)(H,17,18)(H,19,20)(H,21,22)(H,23,24)(H,25,26);;;;;;;/q;7*+1/p-7. The fourth-order valence-electron chi connectivity index (χ4n) is 3.33. The number of aliphatic carboxylic acids is 7. The Morgan fingerprint density at radius 2 is 0.758 bits per heavy atom. The van der Waals surface area contributed by atoms with E-state index in [4.69, 9.17) is 0 Å². The second kappa shape index (κ2) is 23.2. The molecule has 21 heteroatoms. The van der Waals surface area contributed by atoms with Crippen molar-refractivity contribution in [1.29, 1.82) is 0 Å². The Bertz CT molecular complexity index is 742. The summed E-state index contributed by atoms with van der Waals surface area (Å²) in [6.07, 6.45) is -2.50.